The fourth-order valence-electron chi connectivity index (χ4n) is 4.06. The maximum atomic E-state index is 14.1. The van der Waals surface area contributed by atoms with Crippen LogP contribution in [0.3, 0.4) is 0 Å². The predicted molar refractivity (Wildman–Crippen MR) is 124 cm³/mol. The fraction of sp³-hybridized carbons (Fsp3) is 0.625. The first-order valence-corrected chi connectivity index (χ1v) is 11.9. The van der Waals surface area contributed by atoms with Gasteiger partial charge in [-0.15, -0.1) is 10.2 Å². The average molecular weight is 566 g/mol. The summed E-state index contributed by atoms with van der Waals surface area (Å²) >= 11 is 0. The molecule has 0 aromatic carbocycles. The molecule has 1 aliphatic rings. The summed E-state index contributed by atoms with van der Waals surface area (Å²) in [5.74, 6) is -3.11. The highest BCUT2D eigenvalue weighted by atomic mass is 19.4. The number of halogens is 6. The fourth-order valence-corrected chi connectivity index (χ4v) is 4.06. The van der Waals surface area contributed by atoms with E-state index in [9.17, 15) is 41.0 Å². The number of aliphatic hydroxyl groups is 1. The first-order valence-electron chi connectivity index (χ1n) is 11.9. The van der Waals surface area contributed by atoms with Crippen molar-refractivity contribution in [3.05, 3.63) is 23.2 Å². The standard InChI is InChI=1S/C24H28F6N4O5/c1-20(2,3)39-19(36)31-13-10-12(23(25,26)27)15-14(35)11-21(4,5)8-6-7-9-22(37,24(28,29)30)18-34-33-17(38-18)16(13)32-15/h10,37H,6-9,11H2,1-5H3,(H,31,36)/t22-/m1/s1. The van der Waals surface area contributed by atoms with Crippen molar-refractivity contribution in [3.8, 4) is 11.6 Å². The smallest absolute Gasteiger partial charge is 0.426 e. The average Bonchev–Trinajstić information content (AvgIpc) is 3.23. The van der Waals surface area contributed by atoms with Gasteiger partial charge >= 0.3 is 18.4 Å². The number of hydrogen-bond acceptors (Lipinski definition) is 8. The van der Waals surface area contributed by atoms with E-state index in [-0.39, 0.29) is 19.3 Å². The van der Waals surface area contributed by atoms with Crippen molar-refractivity contribution in [2.24, 2.45) is 5.41 Å². The molecule has 0 fully saturated rings. The van der Waals surface area contributed by atoms with Crippen LogP contribution in [0.4, 0.5) is 36.8 Å². The second-order valence-electron chi connectivity index (χ2n) is 11.1. The molecule has 216 valence electrons. The highest BCUT2D eigenvalue weighted by Gasteiger charge is 2.58. The number of amides is 1. The summed E-state index contributed by atoms with van der Waals surface area (Å²) in [6, 6.07) is 0.401. The molecule has 0 radical (unpaired) electrons. The van der Waals surface area contributed by atoms with Crippen molar-refractivity contribution in [2.75, 3.05) is 5.32 Å². The van der Waals surface area contributed by atoms with Crippen LogP contribution in [-0.4, -0.2) is 43.9 Å². The molecule has 39 heavy (non-hydrogen) atoms. The van der Waals surface area contributed by atoms with Gasteiger partial charge in [-0.05, 0) is 51.5 Å². The molecule has 3 heterocycles. The third-order valence-electron chi connectivity index (χ3n) is 5.96. The number of fused-ring (bicyclic) bond motifs is 5. The molecular weight excluding hydrogens is 538 g/mol. The van der Waals surface area contributed by atoms with Gasteiger partial charge in [0.15, 0.2) is 11.5 Å². The zero-order valence-corrected chi connectivity index (χ0v) is 21.8. The van der Waals surface area contributed by atoms with Gasteiger partial charge < -0.3 is 14.3 Å². The quantitative estimate of drug-likeness (QED) is 0.379. The lowest BCUT2D eigenvalue weighted by molar-refractivity contribution is -0.277. The van der Waals surface area contributed by atoms with Gasteiger partial charge in [0, 0.05) is 6.42 Å². The number of hydrogen-bond donors (Lipinski definition) is 2. The van der Waals surface area contributed by atoms with Gasteiger partial charge in [0.1, 0.15) is 11.3 Å². The van der Waals surface area contributed by atoms with Gasteiger partial charge in [-0.25, -0.2) is 9.78 Å². The molecule has 0 saturated carbocycles. The number of rotatable bonds is 1. The van der Waals surface area contributed by atoms with E-state index < -0.39 is 88.1 Å². The Morgan fingerprint density at radius 3 is 2.23 bits per heavy atom. The van der Waals surface area contributed by atoms with Gasteiger partial charge in [0.05, 0.1) is 11.3 Å². The zero-order chi connectivity index (χ0) is 29.6. The second kappa shape index (κ2) is 10.1. The number of carbonyl (C=O) groups excluding carboxylic acids is 2. The molecule has 2 aromatic rings. The van der Waals surface area contributed by atoms with Crippen LogP contribution in [0.25, 0.3) is 11.6 Å². The molecule has 0 aliphatic carbocycles. The molecular formula is C24H28F6N4O5. The largest absolute Gasteiger partial charge is 0.444 e. The number of pyridine rings is 1. The molecule has 0 saturated heterocycles. The van der Waals surface area contributed by atoms with E-state index in [1.807, 2.05) is 0 Å². The van der Waals surface area contributed by atoms with Gasteiger partial charge in [-0.1, -0.05) is 20.3 Å². The van der Waals surface area contributed by atoms with E-state index in [1.54, 1.807) is 13.8 Å². The lowest BCUT2D eigenvalue weighted by Gasteiger charge is -2.28. The first-order chi connectivity index (χ1) is 17.6. The number of ketones is 1. The Balaban J connectivity index is 2.30. The molecule has 2 aromatic heterocycles. The third kappa shape index (κ3) is 6.86. The van der Waals surface area contributed by atoms with E-state index in [0.717, 1.165) is 0 Å². The van der Waals surface area contributed by atoms with Crippen molar-refractivity contribution >= 4 is 17.6 Å². The summed E-state index contributed by atoms with van der Waals surface area (Å²) in [7, 11) is 0. The van der Waals surface area contributed by atoms with Crippen molar-refractivity contribution in [3.63, 3.8) is 0 Å². The lowest BCUT2D eigenvalue weighted by atomic mass is 9.80. The van der Waals surface area contributed by atoms with Crippen molar-refractivity contribution in [1.29, 1.82) is 0 Å². The van der Waals surface area contributed by atoms with E-state index >= 15 is 0 Å². The number of ether oxygens (including phenoxy) is 1. The molecule has 0 spiro atoms. The maximum Gasteiger partial charge on any atom is 0.426 e. The normalized spacial score (nSPS) is 20.8. The number of aromatic nitrogens is 3. The number of nitrogens with one attached hydrogen (secondary N) is 1. The maximum absolute atomic E-state index is 14.1. The number of anilines is 1. The number of alkyl halides is 6. The Morgan fingerprint density at radius 1 is 1.05 bits per heavy atom. The molecule has 9 nitrogen and oxygen atoms in total. The summed E-state index contributed by atoms with van der Waals surface area (Å²) in [5, 5.41) is 19.4. The van der Waals surface area contributed by atoms with Crippen LogP contribution >= 0.6 is 0 Å². The van der Waals surface area contributed by atoms with Crippen LogP contribution in [0.2, 0.25) is 0 Å². The van der Waals surface area contributed by atoms with Gasteiger partial charge in [0.25, 0.3) is 11.8 Å². The molecule has 15 heteroatoms. The Bertz CT molecular complexity index is 1250. The van der Waals surface area contributed by atoms with E-state index in [4.69, 9.17) is 9.15 Å². The first kappa shape index (κ1) is 30.3. The second-order valence-corrected chi connectivity index (χ2v) is 11.1. The minimum atomic E-state index is -5.24. The molecule has 4 bridgehead atoms. The Kier molecular flexibility index (Phi) is 7.82. The monoisotopic (exact) mass is 566 g/mol. The minimum Gasteiger partial charge on any atom is -0.444 e. The summed E-state index contributed by atoms with van der Waals surface area (Å²) in [5.41, 5.74) is -9.50. The highest BCUT2D eigenvalue weighted by Crippen LogP contribution is 2.45. The Labute approximate surface area is 219 Å². The van der Waals surface area contributed by atoms with E-state index in [1.165, 1.54) is 20.8 Å². The SMILES string of the molecule is CC1(C)CCCC[C@](O)(C(F)(F)F)c2nnc(o2)-c2nc(c(C(F)(F)F)cc2NC(=O)OC(C)(C)C)C(=O)C1. The number of nitrogens with zero attached hydrogens (tertiary/aromatic N) is 3. The molecule has 2 N–H and O–H groups in total. The van der Waals surface area contributed by atoms with Crippen LogP contribution in [0.5, 0.6) is 0 Å². The highest BCUT2D eigenvalue weighted by molar-refractivity contribution is 5.98. The summed E-state index contributed by atoms with van der Waals surface area (Å²) < 4.78 is 94.2. The van der Waals surface area contributed by atoms with Gasteiger partial charge in [-0.2, -0.15) is 26.3 Å². The summed E-state index contributed by atoms with van der Waals surface area (Å²) in [4.78, 5) is 29.3. The van der Waals surface area contributed by atoms with Gasteiger partial charge in [0.2, 0.25) is 5.60 Å². The molecule has 3 rings (SSSR count). The lowest BCUT2D eigenvalue weighted by Crippen LogP contribution is -2.42. The molecule has 0 unspecified atom stereocenters. The summed E-state index contributed by atoms with van der Waals surface area (Å²) in [6.45, 7) is 7.63. The topological polar surface area (TPSA) is 127 Å². The summed E-state index contributed by atoms with van der Waals surface area (Å²) in [6.07, 6.45) is -12.7. The van der Waals surface area contributed by atoms with Crippen molar-refractivity contribution in [1.82, 2.24) is 15.2 Å². The zero-order valence-electron chi connectivity index (χ0n) is 21.8. The Hall–Kier alpha value is -3.23. The Morgan fingerprint density at radius 2 is 1.67 bits per heavy atom. The number of Topliss-reactive ketones (excluding diaryl/α,β-unsaturated/α-hetero) is 1. The van der Waals surface area contributed by atoms with Crippen LogP contribution < -0.4 is 5.32 Å². The third-order valence-corrected chi connectivity index (χ3v) is 5.96. The van der Waals surface area contributed by atoms with Crippen LogP contribution in [0, 0.1) is 5.41 Å². The van der Waals surface area contributed by atoms with E-state index in [2.05, 4.69) is 20.5 Å². The molecule has 1 aliphatic heterocycles. The van der Waals surface area contributed by atoms with E-state index in [0.29, 0.717) is 6.07 Å². The minimum absolute atomic E-state index is 0.114. The molecule has 1 amide bonds. The van der Waals surface area contributed by atoms with Gasteiger partial charge in [-0.3, -0.25) is 10.1 Å². The van der Waals surface area contributed by atoms with Crippen LogP contribution in [0.15, 0.2) is 10.5 Å². The number of carbonyl (C=O) groups is 2. The van der Waals surface area contributed by atoms with Crippen molar-refractivity contribution < 1.29 is 50.2 Å². The van der Waals surface area contributed by atoms with Crippen LogP contribution in [-0.2, 0) is 16.5 Å². The van der Waals surface area contributed by atoms with Crippen molar-refractivity contribution in [2.45, 2.75) is 90.3 Å². The van der Waals surface area contributed by atoms with Crippen LogP contribution in [0.1, 0.15) is 88.7 Å². The predicted octanol–water partition coefficient (Wildman–Crippen LogP) is 6.42. The molecule has 1 atom stereocenters.